The molecule has 0 saturated carbocycles. The first-order valence-corrected chi connectivity index (χ1v) is 7.88. The third-order valence-corrected chi connectivity index (χ3v) is 3.63. The quantitative estimate of drug-likeness (QED) is 0.618. The molecule has 11 heteroatoms. The van der Waals surface area contributed by atoms with Gasteiger partial charge in [0.1, 0.15) is 12.0 Å². The first kappa shape index (κ1) is 19.0. The van der Waals surface area contributed by atoms with Gasteiger partial charge in [0, 0.05) is 12.3 Å². The molecule has 2 heterocycles. The fourth-order valence-electron chi connectivity index (χ4n) is 2.29. The molecule has 3 aromatic rings. The van der Waals surface area contributed by atoms with Gasteiger partial charge >= 0.3 is 12.2 Å². The van der Waals surface area contributed by atoms with Crippen molar-refractivity contribution in [1.29, 1.82) is 0 Å². The van der Waals surface area contributed by atoms with Crippen molar-refractivity contribution in [1.82, 2.24) is 15.1 Å². The van der Waals surface area contributed by atoms with Crippen LogP contribution in [0.1, 0.15) is 21.7 Å². The Kier molecular flexibility index (Phi) is 5.07. The number of alkyl halides is 3. The number of carbonyl (C=O) groups excluding carboxylic acids is 2. The van der Waals surface area contributed by atoms with E-state index < -0.39 is 23.7 Å². The SMILES string of the molecule is NC(=O)c1coc(CNC(=O)Nc2ccn(-c3cccc(C(F)(F)F)c3)n2)c1. The molecule has 3 rings (SSSR count). The maximum Gasteiger partial charge on any atom is 0.416 e. The Morgan fingerprint density at radius 1 is 1.21 bits per heavy atom. The molecule has 0 aliphatic rings. The third kappa shape index (κ3) is 4.50. The van der Waals surface area contributed by atoms with Gasteiger partial charge in [-0.05, 0) is 24.3 Å². The highest BCUT2D eigenvalue weighted by Crippen LogP contribution is 2.30. The molecule has 8 nitrogen and oxygen atoms in total. The fourth-order valence-corrected chi connectivity index (χ4v) is 2.29. The predicted octanol–water partition coefficient (Wildman–Crippen LogP) is 2.90. The van der Waals surface area contributed by atoms with Crippen molar-refractivity contribution in [2.24, 2.45) is 5.73 Å². The van der Waals surface area contributed by atoms with Gasteiger partial charge in [-0.2, -0.15) is 13.2 Å². The average Bonchev–Trinajstić information content (AvgIpc) is 3.29. The number of nitrogens with one attached hydrogen (secondary N) is 2. The van der Waals surface area contributed by atoms with Gasteiger partial charge in [-0.25, -0.2) is 9.48 Å². The molecule has 0 bridgehead atoms. The van der Waals surface area contributed by atoms with Crippen LogP contribution in [-0.4, -0.2) is 21.7 Å². The highest BCUT2D eigenvalue weighted by atomic mass is 19.4. The number of anilines is 1. The maximum atomic E-state index is 12.8. The van der Waals surface area contributed by atoms with Gasteiger partial charge in [0.2, 0.25) is 0 Å². The summed E-state index contributed by atoms with van der Waals surface area (Å²) in [4.78, 5) is 22.9. The zero-order chi connectivity index (χ0) is 20.3. The number of carbonyl (C=O) groups is 2. The summed E-state index contributed by atoms with van der Waals surface area (Å²) in [5.74, 6) is -0.204. The summed E-state index contributed by atoms with van der Waals surface area (Å²) in [5.41, 5.74) is 4.66. The Hall–Kier alpha value is -3.76. The molecular weight excluding hydrogens is 379 g/mol. The summed E-state index contributed by atoms with van der Waals surface area (Å²) < 4.78 is 44.7. The largest absolute Gasteiger partial charge is 0.467 e. The molecular formula is C17H14F3N5O3. The highest BCUT2D eigenvalue weighted by molar-refractivity contribution is 5.92. The number of rotatable bonds is 5. The number of hydrogen-bond acceptors (Lipinski definition) is 4. The van der Waals surface area contributed by atoms with E-state index in [1.165, 1.54) is 41.4 Å². The van der Waals surface area contributed by atoms with Crippen LogP contribution >= 0.6 is 0 Å². The summed E-state index contributed by atoms with van der Waals surface area (Å²) in [6.45, 7) is -0.00650. The van der Waals surface area contributed by atoms with Crippen LogP contribution in [0.4, 0.5) is 23.8 Å². The summed E-state index contributed by atoms with van der Waals surface area (Å²) in [7, 11) is 0. The normalized spacial score (nSPS) is 11.2. The Morgan fingerprint density at radius 2 is 2.00 bits per heavy atom. The van der Waals surface area contributed by atoms with E-state index in [0.29, 0.717) is 5.76 Å². The van der Waals surface area contributed by atoms with Gasteiger partial charge in [-0.1, -0.05) is 6.07 Å². The van der Waals surface area contributed by atoms with Crippen LogP contribution in [0.3, 0.4) is 0 Å². The lowest BCUT2D eigenvalue weighted by Gasteiger charge is -2.08. The second-order valence-corrected chi connectivity index (χ2v) is 5.67. The number of primary amides is 1. The summed E-state index contributed by atoms with van der Waals surface area (Å²) in [6.07, 6.45) is -1.88. The van der Waals surface area contributed by atoms with Gasteiger partial charge in [-0.3, -0.25) is 10.1 Å². The van der Waals surface area contributed by atoms with Crippen LogP contribution < -0.4 is 16.4 Å². The molecule has 0 atom stereocenters. The van der Waals surface area contributed by atoms with E-state index in [1.807, 2.05) is 0 Å². The van der Waals surface area contributed by atoms with E-state index in [-0.39, 0.29) is 23.6 Å². The lowest BCUT2D eigenvalue weighted by molar-refractivity contribution is -0.137. The van der Waals surface area contributed by atoms with Gasteiger partial charge in [0.05, 0.1) is 23.4 Å². The van der Waals surface area contributed by atoms with E-state index in [4.69, 9.17) is 10.2 Å². The Labute approximate surface area is 156 Å². The third-order valence-electron chi connectivity index (χ3n) is 3.63. The highest BCUT2D eigenvalue weighted by Gasteiger charge is 2.30. The van der Waals surface area contributed by atoms with E-state index in [2.05, 4.69) is 15.7 Å². The van der Waals surface area contributed by atoms with Crippen molar-refractivity contribution < 1.29 is 27.2 Å². The Balaban J connectivity index is 1.61. The first-order chi connectivity index (χ1) is 13.2. The van der Waals surface area contributed by atoms with Crippen molar-refractivity contribution in [2.45, 2.75) is 12.7 Å². The van der Waals surface area contributed by atoms with E-state index >= 15 is 0 Å². The van der Waals surface area contributed by atoms with Crippen molar-refractivity contribution >= 4 is 17.8 Å². The van der Waals surface area contributed by atoms with Gasteiger partial charge in [-0.15, -0.1) is 5.10 Å². The smallest absolute Gasteiger partial charge is 0.416 e. The molecule has 28 heavy (non-hydrogen) atoms. The molecule has 0 unspecified atom stereocenters. The number of furan rings is 1. The van der Waals surface area contributed by atoms with E-state index in [0.717, 1.165) is 12.1 Å². The molecule has 0 saturated heterocycles. The second kappa shape index (κ2) is 7.47. The number of urea groups is 1. The number of nitrogens with zero attached hydrogens (tertiary/aromatic N) is 2. The molecule has 0 radical (unpaired) electrons. The monoisotopic (exact) mass is 393 g/mol. The predicted molar refractivity (Wildman–Crippen MR) is 91.7 cm³/mol. The topological polar surface area (TPSA) is 115 Å². The number of aromatic nitrogens is 2. The molecule has 0 spiro atoms. The minimum Gasteiger partial charge on any atom is -0.467 e. The molecule has 1 aromatic carbocycles. The average molecular weight is 393 g/mol. The zero-order valence-electron chi connectivity index (χ0n) is 14.2. The van der Waals surface area contributed by atoms with E-state index in [1.54, 1.807) is 0 Å². The van der Waals surface area contributed by atoms with Crippen molar-refractivity contribution in [3.8, 4) is 5.69 Å². The standard InChI is InChI=1S/C17H14F3N5O3/c18-17(19,20)11-2-1-3-12(7-11)25-5-4-14(24-25)23-16(27)22-8-13-6-10(9-28-13)15(21)26/h1-7,9H,8H2,(H2,21,26)(H2,22,23,24,27). The fraction of sp³-hybridized carbons (Fsp3) is 0.118. The Morgan fingerprint density at radius 3 is 2.68 bits per heavy atom. The second-order valence-electron chi connectivity index (χ2n) is 5.67. The molecule has 146 valence electrons. The lowest BCUT2D eigenvalue weighted by Crippen LogP contribution is -2.28. The van der Waals surface area contributed by atoms with Gasteiger partial charge in [0.15, 0.2) is 5.82 Å². The van der Waals surface area contributed by atoms with Crippen LogP contribution in [0.25, 0.3) is 5.69 Å². The molecule has 0 aliphatic heterocycles. The molecule has 0 fully saturated rings. The van der Waals surface area contributed by atoms with Crippen molar-refractivity contribution in [2.75, 3.05) is 5.32 Å². The van der Waals surface area contributed by atoms with Crippen LogP contribution in [0.5, 0.6) is 0 Å². The number of halogens is 3. The summed E-state index contributed by atoms with van der Waals surface area (Å²) >= 11 is 0. The first-order valence-electron chi connectivity index (χ1n) is 7.88. The number of hydrogen-bond donors (Lipinski definition) is 3. The molecule has 2 aromatic heterocycles. The van der Waals surface area contributed by atoms with E-state index in [9.17, 15) is 22.8 Å². The summed E-state index contributed by atoms with van der Waals surface area (Å²) in [5, 5.41) is 8.94. The minimum absolute atomic E-state index is 0.00650. The molecule has 3 amide bonds. The van der Waals surface area contributed by atoms with Crippen molar-refractivity contribution in [3.63, 3.8) is 0 Å². The van der Waals surface area contributed by atoms with Gasteiger partial charge < -0.3 is 15.5 Å². The lowest BCUT2D eigenvalue weighted by atomic mass is 10.2. The van der Waals surface area contributed by atoms with Crippen LogP contribution in [-0.2, 0) is 12.7 Å². The van der Waals surface area contributed by atoms with Crippen LogP contribution in [0, 0.1) is 0 Å². The zero-order valence-corrected chi connectivity index (χ0v) is 14.2. The summed E-state index contributed by atoms with van der Waals surface area (Å²) in [6, 6.07) is 6.83. The number of amides is 3. The Bertz CT molecular complexity index is 1010. The molecule has 0 aliphatic carbocycles. The maximum absolute atomic E-state index is 12.8. The van der Waals surface area contributed by atoms with Crippen molar-refractivity contribution in [3.05, 3.63) is 65.7 Å². The van der Waals surface area contributed by atoms with Crippen LogP contribution in [0.2, 0.25) is 0 Å². The van der Waals surface area contributed by atoms with Gasteiger partial charge in [0.25, 0.3) is 5.91 Å². The minimum atomic E-state index is -4.47. The number of benzene rings is 1. The van der Waals surface area contributed by atoms with Crippen LogP contribution in [0.15, 0.2) is 53.3 Å². The number of nitrogens with two attached hydrogens (primary N) is 1. The molecule has 4 N–H and O–H groups in total.